The van der Waals surface area contributed by atoms with E-state index in [2.05, 4.69) is 21.2 Å². The van der Waals surface area contributed by atoms with Crippen LogP contribution in [0.1, 0.15) is 18.1 Å². The Morgan fingerprint density at radius 2 is 1.88 bits per heavy atom. The van der Waals surface area contributed by atoms with Crippen LogP contribution in [0.5, 0.6) is 5.75 Å². The van der Waals surface area contributed by atoms with Gasteiger partial charge in [-0.15, -0.1) is 0 Å². The first-order chi connectivity index (χ1) is 12.4. The number of aryl methyl sites for hydroxylation is 1. The van der Waals surface area contributed by atoms with Crippen molar-refractivity contribution in [1.82, 2.24) is 10.2 Å². The van der Waals surface area contributed by atoms with Crippen molar-refractivity contribution in [2.45, 2.75) is 26.4 Å². The van der Waals surface area contributed by atoms with E-state index in [1.165, 1.54) is 4.90 Å². The number of amides is 2. The number of ether oxygens (including phenoxy) is 1. The second kappa shape index (κ2) is 9.38. The lowest BCUT2D eigenvalue weighted by Gasteiger charge is -2.28. The molecule has 0 aliphatic rings. The van der Waals surface area contributed by atoms with E-state index in [1.54, 1.807) is 14.0 Å². The summed E-state index contributed by atoms with van der Waals surface area (Å²) in [5.41, 5.74) is 2.05. The summed E-state index contributed by atoms with van der Waals surface area (Å²) in [6.07, 6.45) is 0. The van der Waals surface area contributed by atoms with Gasteiger partial charge in [0.15, 0.2) is 6.61 Å². The van der Waals surface area contributed by atoms with Gasteiger partial charge in [0.25, 0.3) is 5.91 Å². The molecule has 2 aromatic rings. The van der Waals surface area contributed by atoms with Crippen LogP contribution in [0, 0.1) is 6.92 Å². The number of likely N-dealkylation sites (N-methyl/N-ethyl adjacent to an activating group) is 1. The Balaban J connectivity index is 2.12. The highest BCUT2D eigenvalue weighted by Gasteiger charge is 2.25. The molecule has 0 unspecified atom stereocenters. The summed E-state index contributed by atoms with van der Waals surface area (Å²) in [5, 5.41) is 2.59. The monoisotopic (exact) mass is 418 g/mol. The highest BCUT2D eigenvalue weighted by atomic mass is 79.9. The summed E-state index contributed by atoms with van der Waals surface area (Å²) in [6.45, 7) is 3.89. The average molecular weight is 419 g/mol. The van der Waals surface area contributed by atoms with Gasteiger partial charge in [0.05, 0.1) is 0 Å². The zero-order valence-electron chi connectivity index (χ0n) is 15.2. The minimum absolute atomic E-state index is 0.127. The summed E-state index contributed by atoms with van der Waals surface area (Å²) in [4.78, 5) is 26.3. The third-order valence-electron chi connectivity index (χ3n) is 4.04. The van der Waals surface area contributed by atoms with Gasteiger partial charge in [-0.25, -0.2) is 0 Å². The first-order valence-electron chi connectivity index (χ1n) is 8.35. The quantitative estimate of drug-likeness (QED) is 0.750. The van der Waals surface area contributed by atoms with Crippen molar-refractivity contribution in [3.05, 3.63) is 64.1 Å². The van der Waals surface area contributed by atoms with E-state index in [4.69, 9.17) is 4.74 Å². The zero-order valence-corrected chi connectivity index (χ0v) is 16.7. The van der Waals surface area contributed by atoms with Crippen molar-refractivity contribution in [3.8, 4) is 5.75 Å². The van der Waals surface area contributed by atoms with Crippen LogP contribution in [-0.2, 0) is 16.1 Å². The molecule has 0 saturated heterocycles. The molecule has 0 radical (unpaired) electrons. The molecule has 0 heterocycles. The lowest BCUT2D eigenvalue weighted by atomic mass is 10.1. The number of rotatable bonds is 7. The van der Waals surface area contributed by atoms with Crippen LogP contribution in [0.15, 0.2) is 53.0 Å². The molecule has 0 saturated carbocycles. The van der Waals surface area contributed by atoms with Crippen LogP contribution >= 0.6 is 15.9 Å². The number of benzene rings is 2. The van der Waals surface area contributed by atoms with Gasteiger partial charge in [-0.1, -0.05) is 45.8 Å². The summed E-state index contributed by atoms with van der Waals surface area (Å²) in [5.74, 6) is 0.157. The molecule has 138 valence electrons. The molecule has 2 rings (SSSR count). The molecule has 6 heteroatoms. The largest absolute Gasteiger partial charge is 0.484 e. The first kappa shape index (κ1) is 20.0. The third kappa shape index (κ3) is 5.59. The normalized spacial score (nSPS) is 11.5. The van der Waals surface area contributed by atoms with Crippen molar-refractivity contribution in [3.63, 3.8) is 0 Å². The van der Waals surface area contributed by atoms with E-state index in [0.29, 0.717) is 12.3 Å². The van der Waals surface area contributed by atoms with Crippen LogP contribution < -0.4 is 10.1 Å². The van der Waals surface area contributed by atoms with Crippen molar-refractivity contribution < 1.29 is 14.3 Å². The number of nitrogens with zero attached hydrogens (tertiary/aromatic N) is 1. The number of carbonyl (C=O) groups is 2. The van der Waals surface area contributed by atoms with Gasteiger partial charge in [-0.05, 0) is 43.7 Å². The molecule has 1 atom stereocenters. The Morgan fingerprint density at radius 1 is 1.19 bits per heavy atom. The van der Waals surface area contributed by atoms with Gasteiger partial charge >= 0.3 is 0 Å². The highest BCUT2D eigenvalue weighted by molar-refractivity contribution is 9.10. The molecular weight excluding hydrogens is 396 g/mol. The number of carbonyl (C=O) groups excluding carboxylic acids is 2. The minimum atomic E-state index is -0.604. The molecule has 2 amide bonds. The van der Waals surface area contributed by atoms with E-state index in [-0.39, 0.29) is 18.4 Å². The van der Waals surface area contributed by atoms with Gasteiger partial charge in [-0.2, -0.15) is 0 Å². The molecule has 1 N–H and O–H groups in total. The summed E-state index contributed by atoms with van der Waals surface area (Å²) < 4.78 is 6.52. The zero-order chi connectivity index (χ0) is 19.1. The molecule has 0 bridgehead atoms. The number of nitrogens with one attached hydrogen (secondary N) is 1. The Labute approximate surface area is 162 Å². The second-order valence-corrected chi connectivity index (χ2v) is 6.96. The van der Waals surface area contributed by atoms with Crippen LogP contribution in [-0.4, -0.2) is 36.4 Å². The molecule has 2 aromatic carbocycles. The molecule has 0 aromatic heterocycles. The maximum absolute atomic E-state index is 12.7. The fourth-order valence-corrected chi connectivity index (χ4v) is 2.93. The highest BCUT2D eigenvalue weighted by Crippen LogP contribution is 2.16. The fraction of sp³-hybridized carbons (Fsp3) is 0.300. The van der Waals surface area contributed by atoms with Gasteiger partial charge < -0.3 is 15.0 Å². The molecule has 26 heavy (non-hydrogen) atoms. The third-order valence-corrected chi connectivity index (χ3v) is 4.53. The van der Waals surface area contributed by atoms with Crippen molar-refractivity contribution in [2.24, 2.45) is 0 Å². The molecule has 0 spiro atoms. The molecule has 0 fully saturated rings. The van der Waals surface area contributed by atoms with Crippen molar-refractivity contribution in [1.29, 1.82) is 0 Å². The number of hydrogen-bond acceptors (Lipinski definition) is 3. The molecule has 0 aliphatic carbocycles. The first-order valence-corrected chi connectivity index (χ1v) is 9.15. The smallest absolute Gasteiger partial charge is 0.261 e. The van der Waals surface area contributed by atoms with E-state index < -0.39 is 6.04 Å². The number of hydrogen-bond donors (Lipinski definition) is 1. The molecular formula is C20H23BrN2O3. The van der Waals surface area contributed by atoms with Crippen molar-refractivity contribution in [2.75, 3.05) is 13.7 Å². The van der Waals surface area contributed by atoms with Crippen LogP contribution in [0.3, 0.4) is 0 Å². The van der Waals surface area contributed by atoms with Crippen molar-refractivity contribution >= 4 is 27.7 Å². The Hall–Kier alpha value is -2.34. The predicted molar refractivity (Wildman–Crippen MR) is 105 cm³/mol. The summed E-state index contributed by atoms with van der Waals surface area (Å²) in [6, 6.07) is 14.5. The second-order valence-electron chi connectivity index (χ2n) is 6.04. The Kier molecular flexibility index (Phi) is 7.21. The topological polar surface area (TPSA) is 58.6 Å². The van der Waals surface area contributed by atoms with Gasteiger partial charge in [0.2, 0.25) is 5.91 Å². The van der Waals surface area contributed by atoms with Gasteiger partial charge in [0, 0.05) is 18.1 Å². The lowest BCUT2D eigenvalue weighted by Crippen LogP contribution is -2.48. The number of halogens is 1. The van der Waals surface area contributed by atoms with Crippen LogP contribution in [0.2, 0.25) is 0 Å². The lowest BCUT2D eigenvalue weighted by molar-refractivity contribution is -0.142. The van der Waals surface area contributed by atoms with Crippen LogP contribution in [0.25, 0.3) is 0 Å². The van der Waals surface area contributed by atoms with E-state index >= 15 is 0 Å². The van der Waals surface area contributed by atoms with E-state index in [9.17, 15) is 9.59 Å². The Bertz CT molecular complexity index is 762. The standard InChI is InChI=1S/C20H23BrN2O3/c1-14-7-9-18(10-8-14)26-13-19(24)23(15(2)20(25)22-3)12-16-5-4-6-17(21)11-16/h4-11,15H,12-13H2,1-3H3,(H,22,25)/t15-/m0/s1. The van der Waals surface area contributed by atoms with Gasteiger partial charge in [0.1, 0.15) is 11.8 Å². The maximum Gasteiger partial charge on any atom is 0.261 e. The van der Waals surface area contributed by atoms with Crippen LogP contribution in [0.4, 0.5) is 0 Å². The summed E-state index contributed by atoms with van der Waals surface area (Å²) in [7, 11) is 1.56. The fourth-order valence-electron chi connectivity index (χ4n) is 2.49. The minimum Gasteiger partial charge on any atom is -0.484 e. The maximum atomic E-state index is 12.7. The SMILES string of the molecule is CNC(=O)[C@H](C)N(Cc1cccc(Br)c1)C(=O)COc1ccc(C)cc1. The summed E-state index contributed by atoms with van der Waals surface area (Å²) >= 11 is 3.43. The van der Waals surface area contributed by atoms with Gasteiger partial charge in [-0.3, -0.25) is 9.59 Å². The van der Waals surface area contributed by atoms with E-state index in [0.717, 1.165) is 15.6 Å². The molecule has 5 nitrogen and oxygen atoms in total. The molecule has 0 aliphatic heterocycles. The predicted octanol–water partition coefficient (Wildman–Crippen LogP) is 3.30. The Morgan fingerprint density at radius 3 is 2.50 bits per heavy atom. The van der Waals surface area contributed by atoms with E-state index in [1.807, 2.05) is 55.5 Å². The average Bonchev–Trinajstić information content (AvgIpc) is 2.64.